The molecule has 0 aromatic carbocycles. The molecule has 0 aliphatic carbocycles. The van der Waals surface area contributed by atoms with Crippen molar-refractivity contribution in [2.24, 2.45) is 0 Å². The first kappa shape index (κ1) is 10.9. The molecule has 0 N–H and O–H groups in total. The zero-order valence-corrected chi connectivity index (χ0v) is 7.95. The van der Waals surface area contributed by atoms with Gasteiger partial charge in [0.1, 0.15) is 5.10 Å². The summed E-state index contributed by atoms with van der Waals surface area (Å²) in [5.74, 6) is -0.790. The third kappa shape index (κ3) is 2.22. The number of nitro groups is 2. The van der Waals surface area contributed by atoms with Crippen LogP contribution in [0.4, 0.5) is 5.95 Å². The van der Waals surface area contributed by atoms with E-state index in [1.54, 1.807) is 0 Å². The van der Waals surface area contributed by atoms with Gasteiger partial charge in [0.15, 0.2) is 0 Å². The Labute approximate surface area is 86.9 Å². The van der Waals surface area contributed by atoms with Gasteiger partial charge in [-0.25, -0.2) is 0 Å². The zero-order valence-electron chi connectivity index (χ0n) is 5.95. The van der Waals surface area contributed by atoms with Crippen LogP contribution in [0.2, 0.25) is 0 Å². The van der Waals surface area contributed by atoms with Crippen molar-refractivity contribution in [1.29, 1.82) is 0 Å². The van der Waals surface area contributed by atoms with E-state index >= 15 is 0 Å². The third-order valence-electron chi connectivity index (χ3n) is 0.799. The molecule has 1 rings (SSSR count). The summed E-state index contributed by atoms with van der Waals surface area (Å²) in [7, 11) is 0. The van der Waals surface area contributed by atoms with Crippen LogP contribution >= 0.6 is 0 Å². The topological polar surface area (TPSA) is 117 Å². The standard InChI is InChI=1S/C2HN5O4.Na/c8-6(9)2-3-1-5(4-2)7(10)11;/h1H;/q;+1. The van der Waals surface area contributed by atoms with Crippen molar-refractivity contribution in [2.75, 3.05) is 0 Å². The van der Waals surface area contributed by atoms with Gasteiger partial charge in [-0.05, 0) is 9.91 Å². The van der Waals surface area contributed by atoms with E-state index in [1.807, 2.05) is 0 Å². The van der Waals surface area contributed by atoms with Gasteiger partial charge in [-0.3, -0.25) is 0 Å². The molecular weight excluding hydrogens is 181 g/mol. The largest absolute Gasteiger partial charge is 1.00 e. The first-order valence-electron chi connectivity index (χ1n) is 2.32. The maximum absolute atomic E-state index is 9.88. The molecule has 0 aliphatic rings. The SMILES string of the molecule is O=[N+]([O-])c1ncn([N+](=O)[O-])n1.[Na+]. The average Bonchev–Trinajstić information content (AvgIpc) is 2.33. The molecule has 0 radical (unpaired) electrons. The second-order valence-electron chi connectivity index (χ2n) is 1.46. The van der Waals surface area contributed by atoms with Crippen molar-refractivity contribution in [3.63, 3.8) is 0 Å². The Hall–Kier alpha value is -1.06. The summed E-state index contributed by atoms with van der Waals surface area (Å²) in [6.07, 6.45) is 0.651. The number of hydrogen-bond donors (Lipinski definition) is 0. The molecule has 0 saturated heterocycles. The fourth-order valence-corrected chi connectivity index (χ4v) is 0.409. The van der Waals surface area contributed by atoms with Crippen molar-refractivity contribution in [2.45, 2.75) is 0 Å². The Bertz CT molecular complexity index is 280. The number of aromatic nitrogens is 3. The van der Waals surface area contributed by atoms with Crippen LogP contribution in [0.3, 0.4) is 0 Å². The Balaban J connectivity index is 0.00000121. The Morgan fingerprint density at radius 2 is 2.00 bits per heavy atom. The minimum absolute atomic E-state index is 0. The predicted octanol–water partition coefficient (Wildman–Crippen LogP) is -3.77. The summed E-state index contributed by atoms with van der Waals surface area (Å²) in [5, 5.41) is 21.7. The molecule has 9 nitrogen and oxygen atoms in total. The van der Waals surface area contributed by atoms with Crippen LogP contribution < -0.4 is 29.6 Å². The third-order valence-corrected chi connectivity index (χ3v) is 0.799. The van der Waals surface area contributed by atoms with Crippen molar-refractivity contribution in [1.82, 2.24) is 14.9 Å². The van der Waals surface area contributed by atoms with Crippen LogP contribution in [0.15, 0.2) is 6.33 Å². The Kier molecular flexibility index (Phi) is 3.73. The van der Waals surface area contributed by atoms with Crippen LogP contribution in [0, 0.1) is 20.2 Å². The van der Waals surface area contributed by atoms with Gasteiger partial charge in [0.2, 0.25) is 0 Å². The van der Waals surface area contributed by atoms with Crippen molar-refractivity contribution in [3.8, 4) is 0 Å². The second kappa shape index (κ2) is 4.09. The molecule has 0 unspecified atom stereocenters. The molecule has 0 fully saturated rings. The van der Waals surface area contributed by atoms with E-state index in [9.17, 15) is 20.2 Å². The van der Waals surface area contributed by atoms with Crippen LogP contribution in [0.5, 0.6) is 0 Å². The summed E-state index contributed by atoms with van der Waals surface area (Å²) in [4.78, 5) is 22.1. The first-order chi connectivity index (χ1) is 5.11. The summed E-state index contributed by atoms with van der Waals surface area (Å²) in [6, 6.07) is 0. The van der Waals surface area contributed by atoms with Crippen LogP contribution in [-0.4, -0.2) is 24.8 Å². The van der Waals surface area contributed by atoms with Crippen LogP contribution in [0.25, 0.3) is 0 Å². The molecule has 0 atom stereocenters. The number of rotatable bonds is 2. The number of hydrogen-bond acceptors (Lipinski definition) is 6. The van der Waals surface area contributed by atoms with Crippen molar-refractivity contribution in [3.05, 3.63) is 26.6 Å². The van der Waals surface area contributed by atoms with Crippen molar-refractivity contribution >= 4 is 5.95 Å². The molecule has 0 amide bonds. The van der Waals surface area contributed by atoms with Gasteiger partial charge >= 0.3 is 35.5 Å². The van der Waals surface area contributed by atoms with E-state index in [0.717, 1.165) is 0 Å². The van der Waals surface area contributed by atoms with E-state index in [2.05, 4.69) is 10.1 Å². The molecule has 12 heavy (non-hydrogen) atoms. The summed E-state index contributed by atoms with van der Waals surface area (Å²) < 4.78 is 0. The van der Waals surface area contributed by atoms with Gasteiger partial charge < -0.3 is 20.2 Å². The summed E-state index contributed by atoms with van der Waals surface area (Å²) in [6.45, 7) is 0. The van der Waals surface area contributed by atoms with Crippen LogP contribution in [-0.2, 0) is 0 Å². The second-order valence-corrected chi connectivity index (χ2v) is 1.46. The molecule has 0 bridgehead atoms. The van der Waals surface area contributed by atoms with E-state index in [0.29, 0.717) is 6.33 Å². The summed E-state index contributed by atoms with van der Waals surface area (Å²) >= 11 is 0. The molecule has 1 aromatic rings. The fraction of sp³-hybridized carbons (Fsp3) is 0. The molecule has 58 valence electrons. The predicted molar refractivity (Wildman–Crippen MR) is 29.1 cm³/mol. The molecule has 0 spiro atoms. The smallest absolute Gasteiger partial charge is 0.389 e. The van der Waals surface area contributed by atoms with Gasteiger partial charge in [0.25, 0.3) is 6.33 Å². The molecule has 1 heterocycles. The maximum Gasteiger partial charge on any atom is 1.00 e. The van der Waals surface area contributed by atoms with E-state index in [4.69, 9.17) is 0 Å². The Morgan fingerprint density at radius 3 is 2.25 bits per heavy atom. The Morgan fingerprint density at radius 1 is 1.42 bits per heavy atom. The van der Waals surface area contributed by atoms with Gasteiger partial charge in [0, 0.05) is 0 Å². The first-order valence-corrected chi connectivity index (χ1v) is 2.32. The van der Waals surface area contributed by atoms with Gasteiger partial charge in [-0.15, -0.1) is 0 Å². The fourth-order valence-electron chi connectivity index (χ4n) is 0.409. The maximum atomic E-state index is 9.88. The minimum Gasteiger partial charge on any atom is -0.389 e. The average molecular weight is 182 g/mol. The molecule has 10 heteroatoms. The van der Waals surface area contributed by atoms with Gasteiger partial charge in [-0.1, -0.05) is 0 Å². The van der Waals surface area contributed by atoms with E-state index in [-0.39, 0.29) is 34.3 Å². The monoisotopic (exact) mass is 182 g/mol. The summed E-state index contributed by atoms with van der Waals surface area (Å²) in [5.41, 5.74) is 0. The molecule has 0 saturated carbocycles. The normalized spacial score (nSPS) is 8.67. The van der Waals surface area contributed by atoms with E-state index < -0.39 is 15.9 Å². The molecule has 0 aliphatic heterocycles. The molecular formula is C2HN5NaO4+. The van der Waals surface area contributed by atoms with E-state index in [1.165, 1.54) is 0 Å². The van der Waals surface area contributed by atoms with Gasteiger partial charge in [-0.2, -0.15) is 0 Å². The zero-order chi connectivity index (χ0) is 8.43. The van der Waals surface area contributed by atoms with Gasteiger partial charge in [0.05, 0.1) is 9.82 Å². The van der Waals surface area contributed by atoms with Crippen molar-refractivity contribution < 1.29 is 39.5 Å². The van der Waals surface area contributed by atoms with Crippen LogP contribution in [0.1, 0.15) is 0 Å². The molecule has 1 aromatic heterocycles. The quantitative estimate of drug-likeness (QED) is 0.263. The number of nitrogens with zero attached hydrogens (tertiary/aromatic N) is 5. The minimum atomic E-state index is -0.931.